The van der Waals surface area contributed by atoms with Crippen molar-refractivity contribution in [3.8, 4) is 0 Å². The number of carbonyl (C=O) groups is 1. The fourth-order valence-electron chi connectivity index (χ4n) is 2.40. The highest BCUT2D eigenvalue weighted by Gasteiger charge is 2.41. The van der Waals surface area contributed by atoms with Crippen LogP contribution in [0.25, 0.3) is 0 Å². The van der Waals surface area contributed by atoms with Gasteiger partial charge in [-0.2, -0.15) is 0 Å². The Kier molecular flexibility index (Phi) is 5.62. The van der Waals surface area contributed by atoms with Crippen LogP contribution in [0.15, 0.2) is 60.7 Å². The minimum atomic E-state index is -0.790. The van der Waals surface area contributed by atoms with E-state index < -0.39 is 17.2 Å². The number of anilines is 1. The molecule has 24 heavy (non-hydrogen) atoms. The standard InChI is InChI=1S/C20H26N2O2/c1-19(2,21)20(3,15-14-16-10-6-4-7-11-16)24-18(23)22-17-12-8-5-9-13-17/h4-13H,14-15,21H2,1-3H3,(H,22,23). The first-order chi connectivity index (χ1) is 11.3. The minimum absolute atomic E-state index is 0.490. The lowest BCUT2D eigenvalue weighted by Crippen LogP contribution is -2.57. The topological polar surface area (TPSA) is 64.3 Å². The highest BCUT2D eigenvalue weighted by Crippen LogP contribution is 2.29. The average Bonchev–Trinajstić information content (AvgIpc) is 2.54. The molecule has 1 atom stereocenters. The van der Waals surface area contributed by atoms with E-state index in [1.807, 2.05) is 69.3 Å². The molecule has 1 amide bonds. The molecule has 0 fully saturated rings. The van der Waals surface area contributed by atoms with Gasteiger partial charge < -0.3 is 10.5 Å². The molecule has 0 saturated carbocycles. The van der Waals surface area contributed by atoms with Gasteiger partial charge in [0.05, 0.1) is 0 Å². The monoisotopic (exact) mass is 326 g/mol. The molecule has 1 unspecified atom stereocenters. The van der Waals surface area contributed by atoms with E-state index >= 15 is 0 Å². The van der Waals surface area contributed by atoms with Crippen molar-refractivity contribution >= 4 is 11.8 Å². The normalized spacial score (nSPS) is 13.8. The van der Waals surface area contributed by atoms with Crippen molar-refractivity contribution in [1.82, 2.24) is 0 Å². The second-order valence-electron chi connectivity index (χ2n) is 6.82. The van der Waals surface area contributed by atoms with Crippen LogP contribution in [-0.2, 0) is 11.2 Å². The van der Waals surface area contributed by atoms with Crippen molar-refractivity contribution in [2.24, 2.45) is 5.73 Å². The summed E-state index contributed by atoms with van der Waals surface area (Å²) in [6.45, 7) is 5.65. The molecule has 0 aromatic heterocycles. The lowest BCUT2D eigenvalue weighted by molar-refractivity contribution is -0.0224. The van der Waals surface area contributed by atoms with Crippen molar-refractivity contribution in [2.45, 2.75) is 44.8 Å². The number of hydrogen-bond acceptors (Lipinski definition) is 3. The van der Waals surface area contributed by atoms with Gasteiger partial charge in [0, 0.05) is 11.2 Å². The molecule has 0 saturated heterocycles. The van der Waals surface area contributed by atoms with E-state index in [-0.39, 0.29) is 0 Å². The summed E-state index contributed by atoms with van der Waals surface area (Å²) in [6, 6.07) is 19.4. The van der Waals surface area contributed by atoms with E-state index in [9.17, 15) is 4.79 Å². The van der Waals surface area contributed by atoms with Gasteiger partial charge >= 0.3 is 6.09 Å². The van der Waals surface area contributed by atoms with Gasteiger partial charge in [-0.3, -0.25) is 5.32 Å². The number of aryl methyl sites for hydroxylation is 1. The maximum atomic E-state index is 12.3. The third-order valence-electron chi connectivity index (χ3n) is 4.43. The largest absolute Gasteiger partial charge is 0.441 e. The van der Waals surface area contributed by atoms with Crippen LogP contribution in [0.2, 0.25) is 0 Å². The molecule has 0 aliphatic carbocycles. The van der Waals surface area contributed by atoms with E-state index in [1.54, 1.807) is 0 Å². The molecule has 2 aromatic rings. The molecule has 4 heteroatoms. The Hall–Kier alpha value is -2.33. The number of benzene rings is 2. The van der Waals surface area contributed by atoms with E-state index in [1.165, 1.54) is 5.56 Å². The van der Waals surface area contributed by atoms with Gasteiger partial charge in [-0.15, -0.1) is 0 Å². The molecule has 0 heterocycles. The number of amides is 1. The SMILES string of the molecule is CC(C)(N)C(C)(CCc1ccccc1)OC(=O)Nc1ccccc1. The number of nitrogens with one attached hydrogen (secondary N) is 1. The molecule has 3 N–H and O–H groups in total. The molecule has 4 nitrogen and oxygen atoms in total. The second-order valence-corrected chi connectivity index (χ2v) is 6.82. The molecule has 0 aliphatic heterocycles. The third kappa shape index (κ3) is 4.83. The van der Waals surface area contributed by atoms with E-state index in [4.69, 9.17) is 10.5 Å². The summed E-state index contributed by atoms with van der Waals surface area (Å²) in [4.78, 5) is 12.3. The molecule has 0 spiro atoms. The first-order valence-corrected chi connectivity index (χ1v) is 8.18. The van der Waals surface area contributed by atoms with Crippen LogP contribution in [0, 0.1) is 0 Å². The fourth-order valence-corrected chi connectivity index (χ4v) is 2.40. The fraction of sp³-hybridized carbons (Fsp3) is 0.350. The minimum Gasteiger partial charge on any atom is -0.441 e. The number of para-hydroxylation sites is 1. The first-order valence-electron chi connectivity index (χ1n) is 8.18. The zero-order valence-corrected chi connectivity index (χ0v) is 14.6. The van der Waals surface area contributed by atoms with Crippen molar-refractivity contribution in [2.75, 3.05) is 5.32 Å². The summed E-state index contributed by atoms with van der Waals surface area (Å²) in [6.07, 6.45) is 0.939. The maximum absolute atomic E-state index is 12.3. The second kappa shape index (κ2) is 7.49. The van der Waals surface area contributed by atoms with Crippen LogP contribution in [0.4, 0.5) is 10.5 Å². The van der Waals surface area contributed by atoms with Crippen LogP contribution >= 0.6 is 0 Å². The number of hydrogen-bond donors (Lipinski definition) is 2. The van der Waals surface area contributed by atoms with Crippen molar-refractivity contribution in [3.05, 3.63) is 66.2 Å². The zero-order chi connectivity index (χ0) is 17.6. The van der Waals surface area contributed by atoms with Crippen LogP contribution in [0.5, 0.6) is 0 Å². The zero-order valence-electron chi connectivity index (χ0n) is 14.6. The Morgan fingerprint density at radius 2 is 1.54 bits per heavy atom. The number of rotatable bonds is 6. The van der Waals surface area contributed by atoms with Crippen LogP contribution in [-0.4, -0.2) is 17.2 Å². The lowest BCUT2D eigenvalue weighted by Gasteiger charge is -2.41. The number of nitrogens with two attached hydrogens (primary N) is 1. The Morgan fingerprint density at radius 1 is 1.00 bits per heavy atom. The van der Waals surface area contributed by atoms with Crippen LogP contribution in [0.1, 0.15) is 32.8 Å². The summed E-state index contributed by atoms with van der Waals surface area (Å²) in [5.41, 5.74) is 6.75. The molecule has 2 rings (SSSR count). The summed E-state index contributed by atoms with van der Waals surface area (Å²) in [5, 5.41) is 2.75. The van der Waals surface area contributed by atoms with Gasteiger partial charge in [0.1, 0.15) is 5.60 Å². The van der Waals surface area contributed by atoms with Gasteiger partial charge in [0.2, 0.25) is 0 Å². The summed E-state index contributed by atoms with van der Waals surface area (Å²) >= 11 is 0. The maximum Gasteiger partial charge on any atom is 0.412 e. The molecular formula is C20H26N2O2. The smallest absolute Gasteiger partial charge is 0.412 e. The van der Waals surface area contributed by atoms with Gasteiger partial charge in [-0.25, -0.2) is 4.79 Å². The van der Waals surface area contributed by atoms with Gasteiger partial charge in [0.15, 0.2) is 0 Å². The highest BCUT2D eigenvalue weighted by atomic mass is 16.6. The van der Waals surface area contributed by atoms with E-state index in [0.717, 1.165) is 6.42 Å². The molecule has 2 aromatic carbocycles. The average molecular weight is 326 g/mol. The molecular weight excluding hydrogens is 300 g/mol. The molecule has 0 bridgehead atoms. The predicted octanol–water partition coefficient (Wildman–Crippen LogP) is 4.36. The summed E-state index contributed by atoms with van der Waals surface area (Å²) in [5.74, 6) is 0. The number of carbonyl (C=O) groups excluding carboxylic acids is 1. The van der Waals surface area contributed by atoms with E-state index in [2.05, 4.69) is 17.4 Å². The third-order valence-corrected chi connectivity index (χ3v) is 4.43. The Labute approximate surface area is 144 Å². The molecule has 128 valence electrons. The highest BCUT2D eigenvalue weighted by molar-refractivity contribution is 5.84. The van der Waals surface area contributed by atoms with Crippen LogP contribution in [0.3, 0.4) is 0 Å². The number of ether oxygens (including phenoxy) is 1. The van der Waals surface area contributed by atoms with E-state index in [0.29, 0.717) is 12.1 Å². The summed E-state index contributed by atoms with van der Waals surface area (Å²) in [7, 11) is 0. The van der Waals surface area contributed by atoms with Crippen molar-refractivity contribution < 1.29 is 9.53 Å². The van der Waals surface area contributed by atoms with Gasteiger partial charge in [0.25, 0.3) is 0 Å². The molecule has 0 aliphatic rings. The Bertz CT molecular complexity index is 650. The molecule has 0 radical (unpaired) electrons. The Balaban J connectivity index is 2.05. The van der Waals surface area contributed by atoms with Crippen molar-refractivity contribution in [3.63, 3.8) is 0 Å². The first kappa shape index (κ1) is 18.0. The van der Waals surface area contributed by atoms with Gasteiger partial charge in [-0.05, 0) is 51.3 Å². The lowest BCUT2D eigenvalue weighted by atomic mass is 9.80. The summed E-state index contributed by atoms with van der Waals surface area (Å²) < 4.78 is 5.75. The Morgan fingerprint density at radius 3 is 2.08 bits per heavy atom. The van der Waals surface area contributed by atoms with Crippen molar-refractivity contribution in [1.29, 1.82) is 0 Å². The predicted molar refractivity (Wildman–Crippen MR) is 98.0 cm³/mol. The van der Waals surface area contributed by atoms with Gasteiger partial charge in [-0.1, -0.05) is 48.5 Å². The van der Waals surface area contributed by atoms with Crippen LogP contribution < -0.4 is 11.1 Å². The quantitative estimate of drug-likeness (QED) is 0.829.